The fraction of sp³-hybridized carbons (Fsp3) is 0.350. The second-order valence-corrected chi connectivity index (χ2v) is 7.08. The number of imidazole rings is 1. The van der Waals surface area contributed by atoms with Crippen LogP contribution in [0.2, 0.25) is 0 Å². The third-order valence-corrected chi connectivity index (χ3v) is 4.86. The highest BCUT2D eigenvalue weighted by Gasteiger charge is 2.21. The first-order chi connectivity index (χ1) is 13.3. The molecule has 2 heterocycles. The third-order valence-electron chi connectivity index (χ3n) is 4.86. The van der Waals surface area contributed by atoms with E-state index in [1.807, 2.05) is 45.2 Å². The summed E-state index contributed by atoms with van der Waals surface area (Å²) in [5.74, 6) is -0.508. The number of hydrogen-bond donors (Lipinski definition) is 2. The van der Waals surface area contributed by atoms with Gasteiger partial charge in [0.1, 0.15) is 0 Å². The number of pyridine rings is 1. The number of hydrogen-bond acceptors (Lipinski definition) is 5. The summed E-state index contributed by atoms with van der Waals surface area (Å²) in [5, 5.41) is 0. The van der Waals surface area contributed by atoms with Crippen LogP contribution in [0.3, 0.4) is 0 Å². The molecule has 0 aliphatic rings. The number of rotatable bonds is 7. The largest absolute Gasteiger partial charge is 0.373 e. The number of fused-ring (bicyclic) bond motifs is 1. The van der Waals surface area contributed by atoms with Crippen molar-refractivity contribution in [2.75, 3.05) is 39.1 Å². The molecule has 148 valence electrons. The number of nitrogens with two attached hydrogens (primary N) is 1. The van der Waals surface area contributed by atoms with E-state index in [0.717, 1.165) is 29.9 Å². The number of aromatic amines is 1. The molecule has 1 aromatic carbocycles. The van der Waals surface area contributed by atoms with E-state index in [0.29, 0.717) is 23.1 Å². The number of anilines is 1. The molecule has 2 aromatic heterocycles. The normalized spacial score (nSPS) is 11.3. The van der Waals surface area contributed by atoms with Gasteiger partial charge in [0.25, 0.3) is 11.5 Å². The highest BCUT2D eigenvalue weighted by atomic mass is 16.1. The van der Waals surface area contributed by atoms with Crippen LogP contribution in [0.4, 0.5) is 5.69 Å². The van der Waals surface area contributed by atoms with E-state index in [-0.39, 0.29) is 5.56 Å². The lowest BCUT2D eigenvalue weighted by Crippen LogP contribution is -2.30. The molecule has 0 aliphatic heterocycles. The van der Waals surface area contributed by atoms with Crippen molar-refractivity contribution in [3.8, 4) is 11.1 Å². The predicted molar refractivity (Wildman–Crippen MR) is 112 cm³/mol. The summed E-state index contributed by atoms with van der Waals surface area (Å²) in [5.41, 5.74) is 9.77. The van der Waals surface area contributed by atoms with Crippen LogP contribution in [0.5, 0.6) is 0 Å². The molecule has 3 N–H and O–H groups in total. The van der Waals surface area contributed by atoms with Crippen LogP contribution < -0.4 is 16.2 Å². The average molecular weight is 382 g/mol. The molecule has 0 aliphatic carbocycles. The molecule has 28 heavy (non-hydrogen) atoms. The maximum absolute atomic E-state index is 12.3. The molecule has 0 fully saturated rings. The quantitative estimate of drug-likeness (QED) is 0.645. The SMILES string of the molecule is CCn1cc(-c2cc(N(C)CCN(C)C)c(C(N)=O)c3[nH]cnc23)ccc1=O. The van der Waals surface area contributed by atoms with E-state index in [4.69, 9.17) is 5.73 Å². The van der Waals surface area contributed by atoms with Gasteiger partial charge < -0.3 is 25.1 Å². The Morgan fingerprint density at radius 2 is 2.00 bits per heavy atom. The highest BCUT2D eigenvalue weighted by Crippen LogP contribution is 2.35. The second-order valence-electron chi connectivity index (χ2n) is 7.08. The first kappa shape index (κ1) is 19.6. The van der Waals surface area contributed by atoms with Crippen molar-refractivity contribution in [1.82, 2.24) is 19.4 Å². The molecule has 8 heteroatoms. The molecule has 0 spiro atoms. The van der Waals surface area contributed by atoms with Crippen molar-refractivity contribution in [1.29, 1.82) is 0 Å². The Morgan fingerprint density at radius 1 is 1.25 bits per heavy atom. The number of carbonyl (C=O) groups excluding carboxylic acids is 1. The predicted octanol–water partition coefficient (Wildman–Crippen LogP) is 1.51. The molecule has 0 atom stereocenters. The zero-order valence-corrected chi connectivity index (χ0v) is 16.7. The Morgan fingerprint density at radius 3 is 2.64 bits per heavy atom. The molecule has 3 aromatic rings. The van der Waals surface area contributed by atoms with Crippen LogP contribution in [0.25, 0.3) is 22.2 Å². The van der Waals surface area contributed by atoms with Crippen molar-refractivity contribution in [2.24, 2.45) is 5.73 Å². The number of primary amides is 1. The van der Waals surface area contributed by atoms with E-state index in [9.17, 15) is 9.59 Å². The van der Waals surface area contributed by atoms with Crippen molar-refractivity contribution in [2.45, 2.75) is 13.5 Å². The second kappa shape index (κ2) is 7.85. The monoisotopic (exact) mass is 382 g/mol. The van der Waals surface area contributed by atoms with Crippen molar-refractivity contribution >= 4 is 22.6 Å². The lowest BCUT2D eigenvalue weighted by Gasteiger charge is -2.24. The van der Waals surface area contributed by atoms with Gasteiger partial charge in [0.15, 0.2) is 0 Å². The van der Waals surface area contributed by atoms with Gasteiger partial charge >= 0.3 is 0 Å². The van der Waals surface area contributed by atoms with Gasteiger partial charge in [0, 0.05) is 50.1 Å². The van der Waals surface area contributed by atoms with Gasteiger partial charge in [-0.15, -0.1) is 0 Å². The van der Waals surface area contributed by atoms with Gasteiger partial charge in [0.2, 0.25) is 0 Å². The number of benzene rings is 1. The summed E-state index contributed by atoms with van der Waals surface area (Å²) < 4.78 is 1.64. The minimum Gasteiger partial charge on any atom is -0.373 e. The smallest absolute Gasteiger partial charge is 0.253 e. The Hall–Kier alpha value is -3.13. The number of aromatic nitrogens is 3. The Kier molecular flexibility index (Phi) is 5.51. The summed E-state index contributed by atoms with van der Waals surface area (Å²) in [7, 11) is 5.94. The van der Waals surface area contributed by atoms with Gasteiger partial charge in [-0.25, -0.2) is 4.98 Å². The summed E-state index contributed by atoms with van der Waals surface area (Å²) in [4.78, 5) is 35.8. The number of amides is 1. The maximum atomic E-state index is 12.3. The number of aryl methyl sites for hydroxylation is 1. The van der Waals surface area contributed by atoms with E-state index in [1.54, 1.807) is 23.0 Å². The number of nitrogens with zero attached hydrogens (tertiary/aromatic N) is 4. The Balaban J connectivity index is 2.24. The maximum Gasteiger partial charge on any atom is 0.253 e. The third kappa shape index (κ3) is 3.63. The minimum absolute atomic E-state index is 0.0541. The van der Waals surface area contributed by atoms with Crippen LogP contribution in [0.1, 0.15) is 17.3 Å². The van der Waals surface area contributed by atoms with Crippen LogP contribution in [-0.2, 0) is 6.54 Å². The van der Waals surface area contributed by atoms with E-state index < -0.39 is 5.91 Å². The van der Waals surface area contributed by atoms with Gasteiger partial charge in [-0.3, -0.25) is 9.59 Å². The van der Waals surface area contributed by atoms with Crippen LogP contribution in [0, 0.1) is 0 Å². The molecular formula is C20H26N6O2. The van der Waals surface area contributed by atoms with Crippen molar-refractivity contribution < 1.29 is 4.79 Å². The average Bonchev–Trinajstić information content (AvgIpc) is 3.14. The standard InChI is InChI=1S/C20H26N6O2/c1-5-26-11-13(6-7-16(26)27)14-10-15(25(4)9-8-24(2)3)17(20(21)28)19-18(14)22-12-23-19/h6-7,10-12H,5,8-9H2,1-4H3,(H2,21,28)(H,22,23). The fourth-order valence-corrected chi connectivity index (χ4v) is 3.27. The molecule has 1 amide bonds. The van der Waals surface area contributed by atoms with E-state index in [1.165, 1.54) is 0 Å². The van der Waals surface area contributed by atoms with Gasteiger partial charge in [-0.2, -0.15) is 0 Å². The van der Waals surface area contributed by atoms with Crippen LogP contribution in [-0.4, -0.2) is 59.6 Å². The van der Waals surface area contributed by atoms with Crippen molar-refractivity contribution in [3.63, 3.8) is 0 Å². The molecular weight excluding hydrogens is 356 g/mol. The topological polar surface area (TPSA) is 100 Å². The summed E-state index contributed by atoms with van der Waals surface area (Å²) in [6, 6.07) is 5.26. The summed E-state index contributed by atoms with van der Waals surface area (Å²) in [6.07, 6.45) is 3.37. The van der Waals surface area contributed by atoms with E-state index in [2.05, 4.69) is 14.9 Å². The molecule has 8 nitrogen and oxygen atoms in total. The Labute approximate surface area is 163 Å². The zero-order valence-electron chi connectivity index (χ0n) is 16.7. The van der Waals surface area contributed by atoms with Crippen LogP contribution in [0.15, 0.2) is 35.5 Å². The van der Waals surface area contributed by atoms with E-state index >= 15 is 0 Å². The minimum atomic E-state index is -0.508. The van der Waals surface area contributed by atoms with Crippen molar-refractivity contribution in [3.05, 3.63) is 46.6 Å². The Bertz CT molecular complexity index is 1070. The van der Waals surface area contributed by atoms with Gasteiger partial charge in [0.05, 0.1) is 28.6 Å². The summed E-state index contributed by atoms with van der Waals surface area (Å²) in [6.45, 7) is 4.05. The first-order valence-corrected chi connectivity index (χ1v) is 9.20. The van der Waals surface area contributed by atoms with Crippen LogP contribution >= 0.6 is 0 Å². The lowest BCUT2D eigenvalue weighted by atomic mass is 9.99. The van der Waals surface area contributed by atoms with Gasteiger partial charge in [-0.05, 0) is 33.2 Å². The molecule has 0 unspecified atom stereocenters. The van der Waals surface area contributed by atoms with Gasteiger partial charge in [-0.1, -0.05) is 0 Å². The number of carbonyl (C=O) groups is 1. The number of likely N-dealkylation sites (N-methyl/N-ethyl adjacent to an activating group) is 2. The molecule has 3 rings (SSSR count). The molecule has 0 radical (unpaired) electrons. The lowest BCUT2D eigenvalue weighted by molar-refractivity contribution is 0.100. The first-order valence-electron chi connectivity index (χ1n) is 9.20. The number of nitrogens with one attached hydrogen (secondary N) is 1. The molecule has 0 bridgehead atoms. The highest BCUT2D eigenvalue weighted by molar-refractivity contribution is 6.12. The zero-order chi connectivity index (χ0) is 20.4. The summed E-state index contributed by atoms with van der Waals surface area (Å²) >= 11 is 0. The number of H-pyrrole nitrogens is 1. The molecule has 0 saturated heterocycles. The fourth-order valence-electron chi connectivity index (χ4n) is 3.27. The molecule has 0 saturated carbocycles.